The maximum Gasteiger partial charge on any atom is 0.214 e. The quantitative estimate of drug-likeness (QED) is 0.693. The van der Waals surface area contributed by atoms with E-state index in [1.54, 1.807) is 42.5 Å². The van der Waals surface area contributed by atoms with Crippen LogP contribution in [0.4, 0.5) is 5.69 Å². The molecule has 6 heteroatoms. The first-order chi connectivity index (χ1) is 10.6. The van der Waals surface area contributed by atoms with E-state index in [0.717, 1.165) is 5.01 Å². The van der Waals surface area contributed by atoms with Gasteiger partial charge in [-0.2, -0.15) is 5.01 Å². The predicted molar refractivity (Wildman–Crippen MR) is 81.0 cm³/mol. The lowest BCUT2D eigenvalue weighted by Crippen LogP contribution is -2.34. The number of nitrogens with zero attached hydrogens (tertiary/aromatic N) is 2. The van der Waals surface area contributed by atoms with Crippen LogP contribution in [0.25, 0.3) is 0 Å². The van der Waals surface area contributed by atoms with Crippen LogP contribution in [0.5, 0.6) is 0 Å². The molecule has 0 heterocycles. The number of nitroso groups, excluding NO2 is 1. The summed E-state index contributed by atoms with van der Waals surface area (Å²) in [6.45, 7) is 0. The summed E-state index contributed by atoms with van der Waals surface area (Å²) < 4.78 is 0. The molecule has 0 fully saturated rings. The number of carbonyl (C=O) groups is 2. The summed E-state index contributed by atoms with van der Waals surface area (Å²) in [4.78, 5) is 36.2. The Hall–Kier alpha value is -3.28. The van der Waals surface area contributed by atoms with E-state index in [2.05, 4.69) is 5.29 Å². The lowest BCUT2D eigenvalue weighted by atomic mass is 9.90. The summed E-state index contributed by atoms with van der Waals surface area (Å²) >= 11 is 0. The normalized spacial score (nSPS) is 13.8. The largest absolute Gasteiger partial charge is 0.394 e. The van der Waals surface area contributed by atoms with E-state index in [9.17, 15) is 14.5 Å². The number of para-hydroxylation sites is 1. The van der Waals surface area contributed by atoms with Crippen molar-refractivity contribution >= 4 is 17.3 Å². The van der Waals surface area contributed by atoms with E-state index in [-0.39, 0.29) is 22.5 Å². The molecule has 0 spiro atoms. The summed E-state index contributed by atoms with van der Waals surface area (Å²) in [7, 11) is 0. The molecule has 0 aromatic heterocycles. The van der Waals surface area contributed by atoms with Crippen LogP contribution in [0, 0.1) is 4.91 Å². The lowest BCUT2D eigenvalue weighted by Gasteiger charge is -2.23. The molecule has 2 N–H and O–H groups in total. The van der Waals surface area contributed by atoms with Crippen LogP contribution >= 0.6 is 0 Å². The maximum absolute atomic E-state index is 12.6. The van der Waals surface area contributed by atoms with E-state index < -0.39 is 11.6 Å². The number of nitrogens with two attached hydrogens (primary N) is 1. The number of rotatable bonds is 3. The van der Waals surface area contributed by atoms with Crippen molar-refractivity contribution in [3.8, 4) is 0 Å². The first-order valence-electron chi connectivity index (χ1n) is 6.51. The van der Waals surface area contributed by atoms with Gasteiger partial charge in [-0.3, -0.25) is 9.59 Å². The maximum atomic E-state index is 12.6. The van der Waals surface area contributed by atoms with Gasteiger partial charge in [-0.05, 0) is 12.1 Å². The van der Waals surface area contributed by atoms with Gasteiger partial charge in [-0.1, -0.05) is 42.5 Å². The second kappa shape index (κ2) is 5.25. The number of allylic oxidation sites excluding steroid dienone is 2. The lowest BCUT2D eigenvalue weighted by molar-refractivity contribution is 0.0971. The molecule has 0 unspecified atom stereocenters. The Morgan fingerprint density at radius 1 is 0.818 bits per heavy atom. The molecule has 108 valence electrons. The smallest absolute Gasteiger partial charge is 0.214 e. The van der Waals surface area contributed by atoms with E-state index in [1.807, 2.05) is 0 Å². The third-order valence-electron chi connectivity index (χ3n) is 3.43. The molecular formula is C16H11N3O3. The molecule has 1 aliphatic rings. The van der Waals surface area contributed by atoms with Gasteiger partial charge < -0.3 is 5.73 Å². The fourth-order valence-electron chi connectivity index (χ4n) is 2.38. The van der Waals surface area contributed by atoms with Crippen LogP contribution in [0.15, 0.2) is 71.3 Å². The molecule has 0 radical (unpaired) electrons. The molecule has 0 saturated carbocycles. The highest BCUT2D eigenvalue weighted by Gasteiger charge is 2.35. The minimum Gasteiger partial charge on any atom is -0.394 e. The molecule has 3 rings (SSSR count). The van der Waals surface area contributed by atoms with Crippen LogP contribution in [0.3, 0.4) is 0 Å². The minimum absolute atomic E-state index is 0.210. The summed E-state index contributed by atoms with van der Waals surface area (Å²) in [5, 5.41) is 3.72. The molecule has 1 aliphatic carbocycles. The highest BCUT2D eigenvalue weighted by Crippen LogP contribution is 2.29. The molecule has 0 saturated heterocycles. The van der Waals surface area contributed by atoms with Gasteiger partial charge in [-0.25, -0.2) is 0 Å². The Labute approximate surface area is 125 Å². The van der Waals surface area contributed by atoms with Crippen LogP contribution in [-0.2, 0) is 0 Å². The molecule has 6 nitrogen and oxygen atoms in total. The highest BCUT2D eigenvalue weighted by atomic mass is 16.3. The standard InChI is InChI=1S/C16H11N3O3/c17-13-14(19(18-22)10-6-2-1-3-7-10)16(21)12-9-5-4-8-11(12)15(13)20/h1-9H,17H2. The van der Waals surface area contributed by atoms with E-state index in [0.29, 0.717) is 5.69 Å². The fraction of sp³-hybridized carbons (Fsp3) is 0. The van der Waals surface area contributed by atoms with Gasteiger partial charge in [0.15, 0.2) is 0 Å². The van der Waals surface area contributed by atoms with Gasteiger partial charge in [0.1, 0.15) is 11.4 Å². The predicted octanol–water partition coefficient (Wildman–Crippen LogP) is 2.42. The Balaban J connectivity index is 2.18. The summed E-state index contributed by atoms with van der Waals surface area (Å²) in [6.07, 6.45) is 0. The molecule has 0 atom stereocenters. The van der Waals surface area contributed by atoms with Crippen molar-refractivity contribution in [2.75, 3.05) is 5.01 Å². The Morgan fingerprint density at radius 2 is 1.36 bits per heavy atom. The summed E-state index contributed by atoms with van der Waals surface area (Å²) in [5.74, 6) is -0.995. The third kappa shape index (κ3) is 1.98. The molecule has 0 amide bonds. The number of Topliss-reactive ketones (excluding diaryl/α,β-unsaturated/α-hetero) is 2. The number of anilines is 1. The number of hydrogen-bond acceptors (Lipinski definition) is 5. The summed E-state index contributed by atoms with van der Waals surface area (Å²) in [5.41, 5.74) is 6.10. The van der Waals surface area contributed by atoms with E-state index in [4.69, 9.17) is 5.73 Å². The van der Waals surface area contributed by atoms with Crippen LogP contribution in [-0.4, -0.2) is 11.6 Å². The zero-order valence-corrected chi connectivity index (χ0v) is 11.4. The van der Waals surface area contributed by atoms with Crippen molar-refractivity contribution in [2.24, 2.45) is 11.0 Å². The minimum atomic E-state index is -0.504. The number of carbonyl (C=O) groups excluding carboxylic acids is 2. The van der Waals surface area contributed by atoms with Crippen molar-refractivity contribution in [2.45, 2.75) is 0 Å². The van der Waals surface area contributed by atoms with Crippen LogP contribution < -0.4 is 10.7 Å². The molecular weight excluding hydrogens is 282 g/mol. The second-order valence-electron chi connectivity index (χ2n) is 4.70. The van der Waals surface area contributed by atoms with Gasteiger partial charge >= 0.3 is 0 Å². The summed E-state index contributed by atoms with van der Waals surface area (Å²) in [6, 6.07) is 14.7. The van der Waals surface area contributed by atoms with Gasteiger partial charge in [0.2, 0.25) is 11.6 Å². The molecule has 0 aliphatic heterocycles. The average Bonchev–Trinajstić information content (AvgIpc) is 2.57. The highest BCUT2D eigenvalue weighted by molar-refractivity contribution is 6.27. The number of ketones is 2. The first kappa shape index (κ1) is 13.7. The molecule has 2 aromatic rings. The SMILES string of the molecule is NC1=C(N(N=O)c2ccccc2)C(=O)c2ccccc2C1=O. The zero-order chi connectivity index (χ0) is 15.7. The Bertz CT molecular complexity index is 812. The van der Waals surface area contributed by atoms with Gasteiger partial charge in [0, 0.05) is 11.1 Å². The second-order valence-corrected chi connectivity index (χ2v) is 4.70. The number of benzene rings is 2. The van der Waals surface area contributed by atoms with Gasteiger partial charge in [0.25, 0.3) is 0 Å². The van der Waals surface area contributed by atoms with E-state index >= 15 is 0 Å². The van der Waals surface area contributed by atoms with E-state index in [1.165, 1.54) is 12.1 Å². The van der Waals surface area contributed by atoms with Crippen molar-refractivity contribution < 1.29 is 9.59 Å². The first-order valence-corrected chi connectivity index (χ1v) is 6.51. The van der Waals surface area contributed by atoms with Crippen molar-refractivity contribution in [3.63, 3.8) is 0 Å². The van der Waals surface area contributed by atoms with Crippen LogP contribution in [0.2, 0.25) is 0 Å². The van der Waals surface area contributed by atoms with Crippen LogP contribution in [0.1, 0.15) is 20.7 Å². The molecule has 0 bridgehead atoms. The van der Waals surface area contributed by atoms with Gasteiger partial charge in [0.05, 0.1) is 11.0 Å². The number of hydrogen-bond donors (Lipinski definition) is 1. The van der Waals surface area contributed by atoms with Crippen molar-refractivity contribution in [1.82, 2.24) is 0 Å². The average molecular weight is 293 g/mol. The zero-order valence-electron chi connectivity index (χ0n) is 11.4. The number of fused-ring (bicyclic) bond motifs is 1. The molecule has 2 aromatic carbocycles. The Kier molecular flexibility index (Phi) is 3.27. The van der Waals surface area contributed by atoms with Crippen molar-refractivity contribution in [1.29, 1.82) is 0 Å². The molecule has 22 heavy (non-hydrogen) atoms. The van der Waals surface area contributed by atoms with Gasteiger partial charge in [-0.15, -0.1) is 4.91 Å². The third-order valence-corrected chi connectivity index (χ3v) is 3.43. The topological polar surface area (TPSA) is 92.8 Å². The van der Waals surface area contributed by atoms with Crippen molar-refractivity contribution in [3.05, 3.63) is 82.0 Å². The monoisotopic (exact) mass is 293 g/mol. The fourth-order valence-corrected chi connectivity index (χ4v) is 2.38. The Morgan fingerprint density at radius 3 is 1.95 bits per heavy atom.